The fourth-order valence-electron chi connectivity index (χ4n) is 1.47. The van der Waals surface area contributed by atoms with Crippen LogP contribution in [0.4, 0.5) is 4.79 Å². The smallest absolute Gasteiger partial charge is 0.407 e. The minimum absolute atomic E-state index is 0.0436. The summed E-state index contributed by atoms with van der Waals surface area (Å²) in [6.07, 6.45) is 2.14. The molecule has 0 aliphatic carbocycles. The lowest BCUT2D eigenvalue weighted by molar-refractivity contribution is -0.141. The number of rotatable bonds is 9. The Morgan fingerprint density at radius 1 is 1.25 bits per heavy atom. The maximum Gasteiger partial charge on any atom is 0.407 e. The van der Waals surface area contributed by atoms with E-state index < -0.39 is 18.2 Å². The molecule has 1 amide bonds. The van der Waals surface area contributed by atoms with E-state index in [1.54, 1.807) is 0 Å². The quantitative estimate of drug-likeness (QED) is 0.402. The topological polar surface area (TPSA) is 64.6 Å². The van der Waals surface area contributed by atoms with Crippen LogP contribution in [0.5, 0.6) is 0 Å². The number of carbonyl (C=O) groups is 2. The Hall–Kier alpha value is -1.52. The Labute approximate surface area is 121 Å². The van der Waals surface area contributed by atoms with Crippen LogP contribution in [-0.2, 0) is 14.3 Å². The number of nitrogens with one attached hydrogen (secondary N) is 1. The highest BCUT2D eigenvalue weighted by molar-refractivity contribution is 5.81. The lowest BCUT2D eigenvalue weighted by Crippen LogP contribution is -2.35. The molecule has 0 bridgehead atoms. The van der Waals surface area contributed by atoms with Gasteiger partial charge in [0.15, 0.2) is 0 Å². The molecule has 0 radical (unpaired) electrons. The summed E-state index contributed by atoms with van der Waals surface area (Å²) in [6, 6.07) is 0. The number of ether oxygens (including phenoxy) is 2. The first-order chi connectivity index (χ1) is 9.36. The van der Waals surface area contributed by atoms with E-state index in [9.17, 15) is 9.59 Å². The van der Waals surface area contributed by atoms with Gasteiger partial charge in [0.2, 0.25) is 0 Å². The molecule has 0 saturated heterocycles. The number of hydrogen-bond acceptors (Lipinski definition) is 4. The van der Waals surface area contributed by atoms with E-state index in [1.165, 1.54) is 0 Å². The zero-order valence-corrected chi connectivity index (χ0v) is 13.0. The Morgan fingerprint density at radius 3 is 2.40 bits per heavy atom. The highest BCUT2D eigenvalue weighted by Crippen LogP contribution is 2.08. The molecular weight excluding hydrogens is 258 g/mol. The number of alkyl carbamates (subject to hydrolysis) is 1. The number of carbonyl (C=O) groups excluding carboxylic acids is 2. The molecule has 0 heterocycles. The van der Waals surface area contributed by atoms with Crippen LogP contribution in [0.25, 0.3) is 0 Å². The van der Waals surface area contributed by atoms with Gasteiger partial charge in [0, 0.05) is 12.6 Å². The minimum atomic E-state index is -0.517. The summed E-state index contributed by atoms with van der Waals surface area (Å²) in [5.74, 6) is 0.167. The van der Waals surface area contributed by atoms with Gasteiger partial charge in [0.1, 0.15) is 12.7 Å². The maximum atomic E-state index is 11.6. The summed E-state index contributed by atoms with van der Waals surface area (Å²) in [4.78, 5) is 22.6. The first-order valence-corrected chi connectivity index (χ1v) is 7.10. The van der Waals surface area contributed by atoms with Crippen LogP contribution in [0.1, 0.15) is 40.5 Å². The SMILES string of the molecule is C=CC(=O)OCC(OC(=O)NCCCC(C)C)C(C)C. The molecule has 5 heteroatoms. The van der Waals surface area contributed by atoms with Crippen molar-refractivity contribution in [3.8, 4) is 0 Å². The molecule has 5 nitrogen and oxygen atoms in total. The van der Waals surface area contributed by atoms with Crippen LogP contribution >= 0.6 is 0 Å². The molecule has 1 unspecified atom stereocenters. The summed E-state index contributed by atoms with van der Waals surface area (Å²) >= 11 is 0. The van der Waals surface area contributed by atoms with Crippen LogP contribution in [0.2, 0.25) is 0 Å². The molecule has 116 valence electrons. The second kappa shape index (κ2) is 10.3. The lowest BCUT2D eigenvalue weighted by Gasteiger charge is -2.21. The molecule has 1 N–H and O–H groups in total. The van der Waals surface area contributed by atoms with Gasteiger partial charge in [0.05, 0.1) is 0 Å². The van der Waals surface area contributed by atoms with Gasteiger partial charge < -0.3 is 14.8 Å². The largest absolute Gasteiger partial charge is 0.459 e. The van der Waals surface area contributed by atoms with E-state index in [-0.39, 0.29) is 12.5 Å². The van der Waals surface area contributed by atoms with Crippen LogP contribution in [0.15, 0.2) is 12.7 Å². The molecular formula is C15H27NO4. The third-order valence-corrected chi connectivity index (χ3v) is 2.79. The Kier molecular flexibility index (Phi) is 9.51. The second-order valence-electron chi connectivity index (χ2n) is 5.48. The lowest BCUT2D eigenvalue weighted by atomic mass is 10.1. The van der Waals surface area contributed by atoms with Gasteiger partial charge in [0.25, 0.3) is 0 Å². The molecule has 0 aromatic rings. The van der Waals surface area contributed by atoms with Crippen molar-refractivity contribution < 1.29 is 19.1 Å². The van der Waals surface area contributed by atoms with Gasteiger partial charge in [-0.15, -0.1) is 0 Å². The zero-order valence-electron chi connectivity index (χ0n) is 13.0. The number of hydrogen-bond donors (Lipinski definition) is 1. The third-order valence-electron chi connectivity index (χ3n) is 2.79. The van der Waals surface area contributed by atoms with Gasteiger partial charge >= 0.3 is 12.1 Å². The minimum Gasteiger partial charge on any atom is -0.459 e. The van der Waals surface area contributed by atoms with Gasteiger partial charge in [-0.2, -0.15) is 0 Å². The first kappa shape index (κ1) is 18.5. The maximum absolute atomic E-state index is 11.6. The van der Waals surface area contributed by atoms with Crippen molar-refractivity contribution in [2.45, 2.75) is 46.6 Å². The van der Waals surface area contributed by atoms with E-state index in [0.717, 1.165) is 18.9 Å². The summed E-state index contributed by atoms with van der Waals surface area (Å²) < 4.78 is 10.2. The van der Waals surface area contributed by atoms with E-state index >= 15 is 0 Å². The Balaban J connectivity index is 4.01. The fraction of sp³-hybridized carbons (Fsp3) is 0.733. The predicted molar refractivity (Wildman–Crippen MR) is 78.3 cm³/mol. The molecule has 0 rings (SSSR count). The van der Waals surface area contributed by atoms with Crippen molar-refractivity contribution in [1.29, 1.82) is 0 Å². The molecule has 0 aromatic heterocycles. The summed E-state index contributed by atoms with van der Waals surface area (Å²) in [6.45, 7) is 12.0. The van der Waals surface area contributed by atoms with Crippen molar-refractivity contribution in [3.05, 3.63) is 12.7 Å². The average Bonchev–Trinajstić information content (AvgIpc) is 2.38. The van der Waals surface area contributed by atoms with E-state index in [0.29, 0.717) is 12.5 Å². The molecule has 0 saturated carbocycles. The number of esters is 1. The predicted octanol–water partition coefficient (Wildman–Crippen LogP) is 2.90. The standard InChI is InChI=1S/C15H27NO4/c1-6-14(17)19-10-13(12(4)5)20-15(18)16-9-7-8-11(2)3/h6,11-13H,1,7-10H2,2-5H3,(H,16,18). The van der Waals surface area contributed by atoms with Crippen molar-refractivity contribution in [2.24, 2.45) is 11.8 Å². The summed E-state index contributed by atoms with van der Waals surface area (Å²) in [5.41, 5.74) is 0. The van der Waals surface area contributed by atoms with E-state index in [4.69, 9.17) is 9.47 Å². The van der Waals surface area contributed by atoms with Crippen LogP contribution in [0.3, 0.4) is 0 Å². The van der Waals surface area contributed by atoms with Crippen molar-refractivity contribution in [2.75, 3.05) is 13.2 Å². The molecule has 20 heavy (non-hydrogen) atoms. The normalized spacial score (nSPS) is 12.1. The Bertz CT molecular complexity index is 313. The van der Waals surface area contributed by atoms with Gasteiger partial charge in [-0.25, -0.2) is 9.59 Å². The van der Waals surface area contributed by atoms with E-state index in [1.807, 2.05) is 13.8 Å². The first-order valence-electron chi connectivity index (χ1n) is 7.10. The van der Waals surface area contributed by atoms with Crippen molar-refractivity contribution >= 4 is 12.1 Å². The Morgan fingerprint density at radius 2 is 1.90 bits per heavy atom. The average molecular weight is 285 g/mol. The van der Waals surface area contributed by atoms with Crippen molar-refractivity contribution in [1.82, 2.24) is 5.32 Å². The van der Waals surface area contributed by atoms with Gasteiger partial charge in [-0.05, 0) is 24.7 Å². The van der Waals surface area contributed by atoms with Crippen LogP contribution in [0, 0.1) is 11.8 Å². The highest BCUT2D eigenvalue weighted by atomic mass is 16.6. The van der Waals surface area contributed by atoms with Crippen LogP contribution in [-0.4, -0.2) is 31.3 Å². The van der Waals surface area contributed by atoms with E-state index in [2.05, 4.69) is 25.7 Å². The molecule has 0 aliphatic heterocycles. The molecule has 0 spiro atoms. The molecule has 1 atom stereocenters. The van der Waals surface area contributed by atoms with Crippen molar-refractivity contribution in [3.63, 3.8) is 0 Å². The monoisotopic (exact) mass is 285 g/mol. The second-order valence-corrected chi connectivity index (χ2v) is 5.48. The van der Waals surface area contributed by atoms with Crippen LogP contribution < -0.4 is 5.32 Å². The molecule has 0 aliphatic rings. The zero-order chi connectivity index (χ0) is 15.5. The fourth-order valence-corrected chi connectivity index (χ4v) is 1.47. The van der Waals surface area contributed by atoms with Gasteiger partial charge in [-0.3, -0.25) is 0 Å². The third kappa shape index (κ3) is 9.42. The summed E-state index contributed by atoms with van der Waals surface area (Å²) in [7, 11) is 0. The highest BCUT2D eigenvalue weighted by Gasteiger charge is 2.19. The van der Waals surface area contributed by atoms with Gasteiger partial charge in [-0.1, -0.05) is 34.3 Å². The summed E-state index contributed by atoms with van der Waals surface area (Å²) in [5, 5.41) is 2.70. The molecule has 0 fully saturated rings. The molecule has 0 aromatic carbocycles. The number of amides is 1.